The predicted molar refractivity (Wildman–Crippen MR) is 50.4 cm³/mol. The van der Waals surface area contributed by atoms with E-state index in [0.717, 1.165) is 9.88 Å². The number of carbonyl (C=O) groups is 1. The van der Waals surface area contributed by atoms with Crippen LogP contribution in [0.3, 0.4) is 0 Å². The van der Waals surface area contributed by atoms with Gasteiger partial charge in [-0.1, -0.05) is 0 Å². The van der Waals surface area contributed by atoms with Gasteiger partial charge in [-0.15, -0.1) is 11.3 Å². The van der Waals surface area contributed by atoms with Gasteiger partial charge in [-0.25, -0.2) is 4.98 Å². The van der Waals surface area contributed by atoms with Gasteiger partial charge in [0.25, 0.3) is 0 Å². The maximum Gasteiger partial charge on any atom is 0.307 e. The lowest BCUT2D eigenvalue weighted by Gasteiger charge is -2.05. The highest BCUT2D eigenvalue weighted by Crippen LogP contribution is 2.20. The summed E-state index contributed by atoms with van der Waals surface area (Å²) >= 11 is 1.50. The van der Waals surface area contributed by atoms with Gasteiger partial charge in [0.2, 0.25) is 0 Å². The average Bonchev–Trinajstić information content (AvgIpc) is 2.51. The lowest BCUT2D eigenvalue weighted by molar-refractivity contribution is -0.141. The highest BCUT2D eigenvalue weighted by atomic mass is 32.1. The molecule has 0 saturated heterocycles. The number of nitrogens with zero attached hydrogens (tertiary/aromatic N) is 1. The van der Waals surface area contributed by atoms with Gasteiger partial charge >= 0.3 is 5.97 Å². The molecule has 0 aliphatic rings. The molecule has 4 nitrogen and oxygen atoms in total. The Kier molecular flexibility index (Phi) is 3.39. The van der Waals surface area contributed by atoms with Crippen molar-refractivity contribution in [2.45, 2.75) is 19.4 Å². The Hall–Kier alpha value is -0.940. The lowest BCUT2D eigenvalue weighted by atomic mass is 10.2. The lowest BCUT2D eigenvalue weighted by Crippen LogP contribution is -2.15. The molecule has 1 heterocycles. The summed E-state index contributed by atoms with van der Waals surface area (Å²) in [5.74, 6) is -0.293. The Morgan fingerprint density at radius 3 is 3.00 bits per heavy atom. The zero-order valence-corrected chi connectivity index (χ0v) is 8.43. The van der Waals surface area contributed by atoms with E-state index in [-0.39, 0.29) is 18.4 Å². The van der Waals surface area contributed by atoms with Crippen LogP contribution < -0.4 is 5.73 Å². The maximum absolute atomic E-state index is 10.9. The fourth-order valence-corrected chi connectivity index (χ4v) is 1.70. The van der Waals surface area contributed by atoms with Gasteiger partial charge in [0.15, 0.2) is 0 Å². The highest BCUT2D eigenvalue weighted by molar-refractivity contribution is 7.11. The SMILES string of the molecule is COC(=O)C[C@@H](N)c1cnc(C)s1. The molecule has 13 heavy (non-hydrogen) atoms. The molecular weight excluding hydrogens is 188 g/mol. The molecule has 0 bridgehead atoms. The minimum absolute atomic E-state index is 0.206. The van der Waals surface area contributed by atoms with E-state index in [9.17, 15) is 4.79 Å². The zero-order chi connectivity index (χ0) is 9.84. The second kappa shape index (κ2) is 4.34. The predicted octanol–water partition coefficient (Wildman–Crippen LogP) is 1.01. The summed E-state index contributed by atoms with van der Waals surface area (Å²) in [4.78, 5) is 15.9. The van der Waals surface area contributed by atoms with E-state index in [1.807, 2.05) is 6.92 Å². The summed E-state index contributed by atoms with van der Waals surface area (Å²) in [5, 5.41) is 0.954. The number of hydrogen-bond donors (Lipinski definition) is 1. The number of aryl methyl sites for hydroxylation is 1. The minimum atomic E-state index is -0.293. The van der Waals surface area contributed by atoms with E-state index in [1.54, 1.807) is 6.20 Å². The molecule has 1 atom stereocenters. The summed E-state index contributed by atoms with van der Waals surface area (Å²) < 4.78 is 4.51. The van der Waals surface area contributed by atoms with Crippen molar-refractivity contribution in [2.24, 2.45) is 5.73 Å². The van der Waals surface area contributed by atoms with Crippen LogP contribution in [-0.4, -0.2) is 18.1 Å². The van der Waals surface area contributed by atoms with Crippen LogP contribution in [0.15, 0.2) is 6.20 Å². The topological polar surface area (TPSA) is 65.2 Å². The van der Waals surface area contributed by atoms with E-state index in [4.69, 9.17) is 5.73 Å². The van der Waals surface area contributed by atoms with E-state index >= 15 is 0 Å². The van der Waals surface area contributed by atoms with Crippen LogP contribution >= 0.6 is 11.3 Å². The van der Waals surface area contributed by atoms with E-state index < -0.39 is 0 Å². The maximum atomic E-state index is 10.9. The van der Waals surface area contributed by atoms with Crippen LogP contribution in [0.4, 0.5) is 0 Å². The van der Waals surface area contributed by atoms with Crippen molar-refractivity contribution in [1.82, 2.24) is 4.98 Å². The molecule has 0 aliphatic heterocycles. The highest BCUT2D eigenvalue weighted by Gasteiger charge is 2.13. The monoisotopic (exact) mass is 200 g/mol. The molecule has 0 amide bonds. The number of aromatic nitrogens is 1. The Balaban J connectivity index is 2.58. The van der Waals surface area contributed by atoms with Gasteiger partial charge < -0.3 is 10.5 Å². The summed E-state index contributed by atoms with van der Waals surface area (Å²) in [6.45, 7) is 1.90. The second-order valence-electron chi connectivity index (χ2n) is 2.67. The van der Waals surface area contributed by atoms with Gasteiger partial charge in [0.05, 0.1) is 24.6 Å². The quantitative estimate of drug-likeness (QED) is 0.740. The molecule has 72 valence electrons. The summed E-state index contributed by atoms with van der Waals surface area (Å²) in [6.07, 6.45) is 1.91. The molecule has 0 aromatic carbocycles. The van der Waals surface area contributed by atoms with Gasteiger partial charge in [0, 0.05) is 11.1 Å². The minimum Gasteiger partial charge on any atom is -0.469 e. The van der Waals surface area contributed by atoms with E-state index in [1.165, 1.54) is 18.4 Å². The Morgan fingerprint density at radius 2 is 2.54 bits per heavy atom. The summed E-state index contributed by atoms with van der Waals surface area (Å²) in [6, 6.07) is -0.293. The number of hydrogen-bond acceptors (Lipinski definition) is 5. The molecule has 0 radical (unpaired) electrons. The first-order valence-electron chi connectivity index (χ1n) is 3.88. The molecule has 2 N–H and O–H groups in total. The van der Waals surface area contributed by atoms with Crippen LogP contribution in [0.1, 0.15) is 22.3 Å². The number of nitrogens with two attached hydrogens (primary N) is 1. The van der Waals surface area contributed by atoms with Gasteiger partial charge in [0.1, 0.15) is 0 Å². The van der Waals surface area contributed by atoms with Gasteiger partial charge in [-0.2, -0.15) is 0 Å². The molecule has 0 saturated carbocycles. The number of esters is 1. The third-order valence-corrected chi connectivity index (χ3v) is 2.66. The first-order chi connectivity index (χ1) is 6.13. The standard InChI is InChI=1S/C8H12N2O2S/c1-5-10-4-7(13-5)6(9)3-8(11)12-2/h4,6H,3,9H2,1-2H3/t6-/m1/s1. The van der Waals surface area contributed by atoms with Crippen LogP contribution in [0.5, 0.6) is 0 Å². The average molecular weight is 200 g/mol. The fourth-order valence-electron chi connectivity index (χ4n) is 0.913. The van der Waals surface area contributed by atoms with Crippen molar-refractivity contribution in [3.05, 3.63) is 16.1 Å². The summed E-state index contributed by atoms with van der Waals surface area (Å²) in [5.41, 5.74) is 5.75. The van der Waals surface area contributed by atoms with Crippen LogP contribution in [-0.2, 0) is 9.53 Å². The first-order valence-corrected chi connectivity index (χ1v) is 4.70. The Morgan fingerprint density at radius 1 is 1.85 bits per heavy atom. The van der Waals surface area contributed by atoms with E-state index in [2.05, 4.69) is 9.72 Å². The number of carbonyl (C=O) groups excluding carboxylic acids is 1. The molecule has 1 aromatic heterocycles. The third kappa shape index (κ3) is 2.78. The van der Waals surface area contributed by atoms with E-state index in [0.29, 0.717) is 0 Å². The van der Waals surface area contributed by atoms with Crippen LogP contribution in [0.2, 0.25) is 0 Å². The fraction of sp³-hybridized carbons (Fsp3) is 0.500. The molecule has 0 fully saturated rings. The van der Waals surface area contributed by atoms with Crippen LogP contribution in [0.25, 0.3) is 0 Å². The normalized spacial score (nSPS) is 12.5. The Bertz CT molecular complexity index is 298. The van der Waals surface area contributed by atoms with Crippen molar-refractivity contribution in [1.29, 1.82) is 0 Å². The van der Waals surface area contributed by atoms with Crippen LogP contribution in [0, 0.1) is 6.92 Å². The number of rotatable bonds is 3. The van der Waals surface area contributed by atoms with Gasteiger partial charge in [-0.05, 0) is 6.92 Å². The van der Waals surface area contributed by atoms with Crippen molar-refractivity contribution in [3.63, 3.8) is 0 Å². The number of methoxy groups -OCH3 is 1. The smallest absolute Gasteiger partial charge is 0.307 e. The third-order valence-electron chi connectivity index (χ3n) is 1.62. The Labute approximate surface area is 80.7 Å². The molecule has 5 heteroatoms. The zero-order valence-electron chi connectivity index (χ0n) is 7.61. The largest absolute Gasteiger partial charge is 0.469 e. The van der Waals surface area contributed by atoms with Gasteiger partial charge in [-0.3, -0.25) is 4.79 Å². The number of thiazole rings is 1. The van der Waals surface area contributed by atoms with Crippen molar-refractivity contribution < 1.29 is 9.53 Å². The first kappa shape index (κ1) is 10.1. The van der Waals surface area contributed by atoms with Crippen molar-refractivity contribution in [2.75, 3.05) is 7.11 Å². The second-order valence-corrected chi connectivity index (χ2v) is 3.93. The molecule has 1 rings (SSSR count). The number of ether oxygens (including phenoxy) is 1. The molecule has 0 unspecified atom stereocenters. The molecule has 0 aliphatic carbocycles. The van der Waals surface area contributed by atoms with Crippen molar-refractivity contribution >= 4 is 17.3 Å². The molecule has 0 spiro atoms. The molecular formula is C8H12N2O2S. The summed E-state index contributed by atoms with van der Waals surface area (Å²) in [7, 11) is 1.35. The van der Waals surface area contributed by atoms with Crippen molar-refractivity contribution in [3.8, 4) is 0 Å². The molecule has 1 aromatic rings.